The maximum atomic E-state index is 11.7. The number of aliphatic carboxylic acids is 2. The molecule has 0 bridgehead atoms. The zero-order valence-corrected chi connectivity index (χ0v) is 28.3. The number of carbonyl (C=O) groups is 2. The van der Waals surface area contributed by atoms with Crippen LogP contribution in [0.3, 0.4) is 0 Å². The summed E-state index contributed by atoms with van der Waals surface area (Å²) in [5.41, 5.74) is 1.66. The van der Waals surface area contributed by atoms with Crippen molar-refractivity contribution < 1.29 is 34.4 Å². The zero-order chi connectivity index (χ0) is 33.6. The molecule has 1 aromatic heterocycles. The Labute approximate surface area is 281 Å². The third-order valence-corrected chi connectivity index (χ3v) is 10.2. The van der Waals surface area contributed by atoms with Crippen LogP contribution in [0.1, 0.15) is 56.6 Å². The van der Waals surface area contributed by atoms with Gasteiger partial charge in [0.05, 0.1) is 25.8 Å². The van der Waals surface area contributed by atoms with Crippen LogP contribution < -0.4 is 14.8 Å². The summed E-state index contributed by atoms with van der Waals surface area (Å²) in [5.74, 6) is 1.81. The highest BCUT2D eigenvalue weighted by Crippen LogP contribution is 2.35. The lowest BCUT2D eigenvalue weighted by molar-refractivity contribution is -0.139. The average Bonchev–Trinajstić information content (AvgIpc) is 3.07. The highest BCUT2D eigenvalue weighted by molar-refractivity contribution is 7.99. The number of ether oxygens (including phenoxy) is 2. The molecular formula is C36H49N3O7S. The van der Waals surface area contributed by atoms with E-state index < -0.39 is 18.0 Å². The molecule has 0 spiro atoms. The molecule has 3 heterocycles. The van der Waals surface area contributed by atoms with E-state index in [0.717, 1.165) is 97.0 Å². The van der Waals surface area contributed by atoms with Crippen LogP contribution in [0.2, 0.25) is 0 Å². The molecule has 47 heavy (non-hydrogen) atoms. The number of aromatic nitrogens is 1. The zero-order valence-electron chi connectivity index (χ0n) is 27.5. The summed E-state index contributed by atoms with van der Waals surface area (Å²) in [4.78, 5) is 29.8. The predicted molar refractivity (Wildman–Crippen MR) is 184 cm³/mol. The number of pyridine rings is 1. The molecule has 0 aliphatic carbocycles. The van der Waals surface area contributed by atoms with E-state index in [2.05, 4.69) is 21.3 Å². The van der Waals surface area contributed by atoms with Crippen molar-refractivity contribution in [3.8, 4) is 11.5 Å². The highest BCUT2D eigenvalue weighted by atomic mass is 32.2. The van der Waals surface area contributed by atoms with Crippen molar-refractivity contribution in [2.24, 2.45) is 17.8 Å². The van der Waals surface area contributed by atoms with Gasteiger partial charge in [0.2, 0.25) is 0 Å². The largest absolute Gasteiger partial charge is 0.497 e. The van der Waals surface area contributed by atoms with Gasteiger partial charge < -0.3 is 35.0 Å². The molecular weight excluding hydrogens is 618 g/mol. The number of para-hydroxylation sites is 1. The Kier molecular flexibility index (Phi) is 14.6. The molecule has 256 valence electrons. The van der Waals surface area contributed by atoms with Gasteiger partial charge in [0.25, 0.3) is 0 Å². The average molecular weight is 668 g/mol. The van der Waals surface area contributed by atoms with E-state index in [1.807, 2.05) is 42.5 Å². The lowest BCUT2D eigenvalue weighted by Crippen LogP contribution is -2.42. The molecule has 2 aliphatic rings. The Bertz CT molecular complexity index is 1430. The van der Waals surface area contributed by atoms with Gasteiger partial charge >= 0.3 is 11.9 Å². The van der Waals surface area contributed by atoms with Crippen LogP contribution in [0.25, 0.3) is 10.9 Å². The van der Waals surface area contributed by atoms with Crippen LogP contribution in [0.5, 0.6) is 11.5 Å². The number of aliphatic hydroxyl groups is 1. The summed E-state index contributed by atoms with van der Waals surface area (Å²) in [6, 6.07) is 15.6. The van der Waals surface area contributed by atoms with E-state index in [1.54, 1.807) is 32.2 Å². The maximum absolute atomic E-state index is 11.7. The fourth-order valence-corrected chi connectivity index (χ4v) is 7.69. The second-order valence-electron chi connectivity index (χ2n) is 12.4. The van der Waals surface area contributed by atoms with E-state index >= 15 is 0 Å². The smallest absolute Gasteiger partial charge is 0.303 e. The number of fused-ring (bicyclic) bond motifs is 1. The van der Waals surface area contributed by atoms with Gasteiger partial charge in [-0.1, -0.05) is 12.1 Å². The molecule has 4 atom stereocenters. The molecule has 0 amide bonds. The van der Waals surface area contributed by atoms with Gasteiger partial charge in [-0.3, -0.25) is 14.6 Å². The van der Waals surface area contributed by atoms with Gasteiger partial charge in [-0.15, -0.1) is 11.8 Å². The standard InChI is InChI=1S/C29H36N2O5S.C7H13NO2/c1-35-22-8-9-25-24(18-22)23(11-13-30-25)26(32)10-7-20-12-14-31(19-21(20)17-29(33)34)15-16-37-28-6-4-3-5-27(28)36-2;9-7(10)4-6-2-1-3-8-5-6/h3-6,8-9,11,13,18,20-21,26,32H,7,10,12,14-17,19H2,1-2H3,(H,33,34);6,8H,1-5H2,(H,9,10)/t20-,21+,26?;/m1./s1. The number of likely N-dealkylation sites (tertiary alicyclic amines) is 1. The first-order valence-electron chi connectivity index (χ1n) is 16.5. The molecule has 3 aromatic rings. The van der Waals surface area contributed by atoms with Crippen molar-refractivity contribution in [1.82, 2.24) is 15.2 Å². The third kappa shape index (κ3) is 11.4. The van der Waals surface area contributed by atoms with Gasteiger partial charge in [-0.25, -0.2) is 0 Å². The summed E-state index contributed by atoms with van der Waals surface area (Å²) in [6.45, 7) is 4.55. The minimum absolute atomic E-state index is 0.0731. The molecule has 2 aliphatic heterocycles. The SMILES string of the molecule is COc1ccc2nccc(C(O)CC[C@@H]3CCN(CCSc4ccccc4OC)C[C@@H]3CC(=O)O)c2c1.O=C(O)CC1CCCNC1. The Morgan fingerprint density at radius 1 is 1.04 bits per heavy atom. The van der Waals surface area contributed by atoms with Crippen molar-refractivity contribution in [1.29, 1.82) is 0 Å². The number of nitrogens with zero attached hydrogens (tertiary/aromatic N) is 2. The maximum Gasteiger partial charge on any atom is 0.303 e. The van der Waals surface area contributed by atoms with Crippen LogP contribution in [0.4, 0.5) is 0 Å². The second-order valence-corrected chi connectivity index (χ2v) is 13.5. The first-order chi connectivity index (χ1) is 22.8. The molecule has 2 saturated heterocycles. The summed E-state index contributed by atoms with van der Waals surface area (Å²) in [6.07, 6.45) is 6.07. The number of carboxylic acid groups (broad SMARTS) is 2. The number of piperidine rings is 2. The van der Waals surface area contributed by atoms with Crippen LogP contribution in [0, 0.1) is 17.8 Å². The van der Waals surface area contributed by atoms with Gasteiger partial charge in [0.1, 0.15) is 11.5 Å². The highest BCUT2D eigenvalue weighted by Gasteiger charge is 2.31. The number of thioether (sulfide) groups is 1. The van der Waals surface area contributed by atoms with Gasteiger partial charge in [-0.05, 0) is 111 Å². The Hall–Kier alpha value is -3.38. The normalized spacial score (nSPS) is 20.5. The topological polar surface area (TPSA) is 141 Å². The number of carboxylic acids is 2. The molecule has 10 nitrogen and oxygen atoms in total. The van der Waals surface area contributed by atoms with Crippen molar-refractivity contribution in [2.45, 2.75) is 55.9 Å². The monoisotopic (exact) mass is 667 g/mol. The van der Waals surface area contributed by atoms with Crippen molar-refractivity contribution in [3.05, 3.63) is 60.3 Å². The van der Waals surface area contributed by atoms with Crippen molar-refractivity contribution >= 4 is 34.6 Å². The summed E-state index contributed by atoms with van der Waals surface area (Å²) < 4.78 is 10.8. The Morgan fingerprint density at radius 2 is 1.85 bits per heavy atom. The van der Waals surface area contributed by atoms with Crippen molar-refractivity contribution in [3.63, 3.8) is 0 Å². The van der Waals surface area contributed by atoms with E-state index in [1.165, 1.54) is 0 Å². The molecule has 0 radical (unpaired) electrons. The molecule has 11 heteroatoms. The van der Waals surface area contributed by atoms with Gasteiger partial charge in [-0.2, -0.15) is 0 Å². The number of aliphatic hydroxyl groups excluding tert-OH is 1. The molecule has 5 rings (SSSR count). The van der Waals surface area contributed by atoms with E-state index in [4.69, 9.17) is 14.6 Å². The van der Waals surface area contributed by atoms with Gasteiger partial charge in [0, 0.05) is 48.2 Å². The Balaban J connectivity index is 0.000000427. The lowest BCUT2D eigenvalue weighted by Gasteiger charge is -2.38. The van der Waals surface area contributed by atoms with Crippen LogP contribution in [-0.4, -0.2) is 89.8 Å². The number of hydrogen-bond acceptors (Lipinski definition) is 9. The van der Waals surface area contributed by atoms with Gasteiger partial charge in [0.15, 0.2) is 0 Å². The number of hydrogen-bond donors (Lipinski definition) is 4. The fourth-order valence-electron chi connectivity index (χ4n) is 6.65. The number of benzene rings is 2. The molecule has 0 saturated carbocycles. The summed E-state index contributed by atoms with van der Waals surface area (Å²) >= 11 is 1.77. The molecule has 2 unspecified atom stereocenters. The number of rotatable bonds is 14. The summed E-state index contributed by atoms with van der Waals surface area (Å²) in [7, 11) is 3.31. The minimum Gasteiger partial charge on any atom is -0.497 e. The first kappa shape index (κ1) is 36.5. The van der Waals surface area contributed by atoms with E-state index in [9.17, 15) is 19.8 Å². The quantitative estimate of drug-likeness (QED) is 0.157. The molecule has 2 aromatic carbocycles. The van der Waals surface area contributed by atoms with Crippen LogP contribution in [-0.2, 0) is 9.59 Å². The predicted octanol–water partition coefficient (Wildman–Crippen LogP) is 5.73. The Morgan fingerprint density at radius 3 is 2.57 bits per heavy atom. The molecule has 2 fully saturated rings. The van der Waals surface area contributed by atoms with Crippen molar-refractivity contribution in [2.75, 3.05) is 52.7 Å². The van der Waals surface area contributed by atoms with E-state index in [0.29, 0.717) is 18.8 Å². The van der Waals surface area contributed by atoms with Crippen LogP contribution >= 0.6 is 11.8 Å². The van der Waals surface area contributed by atoms with Crippen LogP contribution in [0.15, 0.2) is 59.6 Å². The molecule has 4 N–H and O–H groups in total. The number of methoxy groups -OCH3 is 2. The lowest BCUT2D eigenvalue weighted by atomic mass is 9.79. The minimum atomic E-state index is -0.756. The second kappa shape index (κ2) is 18.8. The van der Waals surface area contributed by atoms with E-state index in [-0.39, 0.29) is 18.3 Å². The third-order valence-electron chi connectivity index (χ3n) is 9.16. The first-order valence-corrected chi connectivity index (χ1v) is 17.5. The number of nitrogens with one attached hydrogen (secondary N) is 1. The summed E-state index contributed by atoms with van der Waals surface area (Å²) in [5, 5.41) is 33.2. The fraction of sp³-hybridized carbons (Fsp3) is 0.528.